The molecule has 0 spiro atoms. The van der Waals surface area contributed by atoms with Crippen molar-refractivity contribution in [1.29, 1.82) is 0 Å². The van der Waals surface area contributed by atoms with Gasteiger partial charge in [0.15, 0.2) is 0 Å². The third-order valence-corrected chi connectivity index (χ3v) is 5.48. The quantitative estimate of drug-likeness (QED) is 0.724. The molecule has 0 aromatic carbocycles. The van der Waals surface area contributed by atoms with Crippen LogP contribution in [0, 0.1) is 5.92 Å². The molecule has 1 rings (SSSR count). The Kier molecular flexibility index (Phi) is 6.79. The zero-order valence-corrected chi connectivity index (χ0v) is 12.8. The molecule has 0 aromatic rings. The fourth-order valence-electron chi connectivity index (χ4n) is 2.49. The van der Waals surface area contributed by atoms with E-state index in [9.17, 15) is 13.2 Å². The maximum absolute atomic E-state index is 11.8. The van der Waals surface area contributed by atoms with Crippen LogP contribution in [0.4, 0.5) is 0 Å². The molecular formula is C13H26N2O3S. The standard InChI is InChI=1S/C13H26N2O3S/c1-3-14-13(16)12-10-11(7-8-15-12)6-5-9-19(17,18)4-2/h11-12,15H,3-10H2,1-2H3,(H,14,16). The second kappa shape index (κ2) is 7.85. The molecular weight excluding hydrogens is 264 g/mol. The van der Waals surface area contributed by atoms with Gasteiger partial charge in [-0.1, -0.05) is 6.92 Å². The summed E-state index contributed by atoms with van der Waals surface area (Å²) in [7, 11) is -2.85. The van der Waals surface area contributed by atoms with Crippen molar-refractivity contribution < 1.29 is 13.2 Å². The third-order valence-electron chi connectivity index (χ3n) is 3.69. The SMILES string of the molecule is CCNC(=O)C1CC(CCCS(=O)(=O)CC)CCN1. The van der Waals surface area contributed by atoms with Crippen LogP contribution in [0.2, 0.25) is 0 Å². The fraction of sp³-hybridized carbons (Fsp3) is 0.923. The van der Waals surface area contributed by atoms with Gasteiger partial charge in [-0.05, 0) is 45.1 Å². The minimum Gasteiger partial charge on any atom is -0.355 e. The second-order valence-electron chi connectivity index (χ2n) is 5.17. The molecule has 1 aliphatic rings. The lowest BCUT2D eigenvalue weighted by atomic mass is 9.88. The topological polar surface area (TPSA) is 75.3 Å². The Morgan fingerprint density at radius 2 is 2.11 bits per heavy atom. The number of nitrogens with one attached hydrogen (secondary N) is 2. The van der Waals surface area contributed by atoms with Crippen LogP contribution in [-0.2, 0) is 14.6 Å². The van der Waals surface area contributed by atoms with Gasteiger partial charge in [0, 0.05) is 12.3 Å². The smallest absolute Gasteiger partial charge is 0.237 e. The lowest BCUT2D eigenvalue weighted by Gasteiger charge is -2.29. The number of amides is 1. The van der Waals surface area contributed by atoms with Crippen molar-refractivity contribution in [3.05, 3.63) is 0 Å². The van der Waals surface area contributed by atoms with Gasteiger partial charge in [-0.15, -0.1) is 0 Å². The van der Waals surface area contributed by atoms with Crippen LogP contribution in [0.1, 0.15) is 39.5 Å². The van der Waals surface area contributed by atoms with Gasteiger partial charge >= 0.3 is 0 Å². The number of rotatable bonds is 7. The first kappa shape index (κ1) is 16.4. The predicted molar refractivity (Wildman–Crippen MR) is 76.8 cm³/mol. The Morgan fingerprint density at radius 1 is 1.37 bits per heavy atom. The number of carbonyl (C=O) groups excluding carboxylic acids is 1. The van der Waals surface area contributed by atoms with Crippen molar-refractivity contribution in [2.75, 3.05) is 24.6 Å². The first-order valence-electron chi connectivity index (χ1n) is 7.20. The van der Waals surface area contributed by atoms with E-state index in [1.807, 2.05) is 6.92 Å². The summed E-state index contributed by atoms with van der Waals surface area (Å²) in [4.78, 5) is 11.8. The largest absolute Gasteiger partial charge is 0.355 e. The number of hydrogen-bond donors (Lipinski definition) is 2. The minimum absolute atomic E-state index is 0.0633. The molecule has 0 aromatic heterocycles. The van der Waals surface area contributed by atoms with Crippen molar-refractivity contribution in [1.82, 2.24) is 10.6 Å². The average Bonchev–Trinajstić information content (AvgIpc) is 2.39. The molecule has 1 amide bonds. The van der Waals surface area contributed by atoms with E-state index in [1.54, 1.807) is 6.92 Å². The predicted octanol–water partition coefficient (Wildman–Crippen LogP) is 0.706. The molecule has 6 heteroatoms. The molecule has 0 aliphatic carbocycles. The first-order chi connectivity index (χ1) is 8.98. The maximum atomic E-state index is 11.8. The zero-order valence-electron chi connectivity index (χ0n) is 11.9. The van der Waals surface area contributed by atoms with Gasteiger partial charge in [-0.3, -0.25) is 4.79 Å². The Bertz CT molecular complexity index is 381. The van der Waals surface area contributed by atoms with Gasteiger partial charge in [-0.2, -0.15) is 0 Å². The summed E-state index contributed by atoms with van der Waals surface area (Å²) in [5, 5.41) is 6.05. The third kappa shape index (κ3) is 5.91. The van der Waals surface area contributed by atoms with Gasteiger partial charge in [0.25, 0.3) is 0 Å². The molecule has 0 bridgehead atoms. The Balaban J connectivity index is 2.33. The highest BCUT2D eigenvalue weighted by atomic mass is 32.2. The van der Waals surface area contributed by atoms with Gasteiger partial charge in [0.2, 0.25) is 5.91 Å². The van der Waals surface area contributed by atoms with Gasteiger partial charge < -0.3 is 10.6 Å². The Morgan fingerprint density at radius 3 is 2.74 bits per heavy atom. The highest BCUT2D eigenvalue weighted by molar-refractivity contribution is 7.91. The highest BCUT2D eigenvalue weighted by Gasteiger charge is 2.26. The van der Waals surface area contributed by atoms with E-state index < -0.39 is 9.84 Å². The van der Waals surface area contributed by atoms with Crippen LogP contribution in [0.5, 0.6) is 0 Å². The van der Waals surface area contributed by atoms with Crippen LogP contribution in [0.3, 0.4) is 0 Å². The summed E-state index contributed by atoms with van der Waals surface area (Å²) in [6, 6.07) is -0.110. The van der Waals surface area contributed by atoms with E-state index in [2.05, 4.69) is 10.6 Å². The van der Waals surface area contributed by atoms with E-state index in [4.69, 9.17) is 0 Å². The zero-order chi connectivity index (χ0) is 14.3. The number of sulfone groups is 1. The number of carbonyl (C=O) groups is 1. The molecule has 1 heterocycles. The van der Waals surface area contributed by atoms with Crippen LogP contribution in [0.25, 0.3) is 0 Å². The molecule has 1 saturated heterocycles. The number of likely N-dealkylation sites (N-methyl/N-ethyl adjacent to an activating group) is 1. The van der Waals surface area contributed by atoms with Crippen LogP contribution in [-0.4, -0.2) is 45.0 Å². The van der Waals surface area contributed by atoms with Crippen molar-refractivity contribution in [3.8, 4) is 0 Å². The molecule has 2 unspecified atom stereocenters. The number of hydrogen-bond acceptors (Lipinski definition) is 4. The molecule has 112 valence electrons. The summed E-state index contributed by atoms with van der Waals surface area (Å²) in [5.41, 5.74) is 0. The average molecular weight is 290 g/mol. The van der Waals surface area contributed by atoms with E-state index >= 15 is 0 Å². The van der Waals surface area contributed by atoms with Crippen LogP contribution >= 0.6 is 0 Å². The Labute approximate surface area is 116 Å². The van der Waals surface area contributed by atoms with Crippen molar-refractivity contribution in [3.63, 3.8) is 0 Å². The van der Waals surface area contributed by atoms with Gasteiger partial charge in [-0.25, -0.2) is 8.42 Å². The van der Waals surface area contributed by atoms with E-state index in [1.165, 1.54) is 0 Å². The lowest BCUT2D eigenvalue weighted by molar-refractivity contribution is -0.124. The summed E-state index contributed by atoms with van der Waals surface area (Å²) >= 11 is 0. The van der Waals surface area contributed by atoms with E-state index in [0.717, 1.165) is 25.8 Å². The molecule has 2 atom stereocenters. The van der Waals surface area contributed by atoms with E-state index in [0.29, 0.717) is 18.9 Å². The summed E-state index contributed by atoms with van der Waals surface area (Å²) in [5.74, 6) is 1.02. The van der Waals surface area contributed by atoms with Crippen LogP contribution < -0.4 is 10.6 Å². The molecule has 0 saturated carbocycles. The van der Waals surface area contributed by atoms with Gasteiger partial charge in [0.05, 0.1) is 11.8 Å². The molecule has 0 radical (unpaired) electrons. The van der Waals surface area contributed by atoms with E-state index in [-0.39, 0.29) is 23.5 Å². The second-order valence-corrected chi connectivity index (χ2v) is 7.64. The van der Waals surface area contributed by atoms with Crippen LogP contribution in [0.15, 0.2) is 0 Å². The van der Waals surface area contributed by atoms with Crippen molar-refractivity contribution in [2.45, 2.75) is 45.6 Å². The summed E-state index contributed by atoms with van der Waals surface area (Å²) < 4.78 is 22.8. The first-order valence-corrected chi connectivity index (χ1v) is 9.02. The van der Waals surface area contributed by atoms with Crippen molar-refractivity contribution in [2.24, 2.45) is 5.92 Å². The summed E-state index contributed by atoms with van der Waals surface area (Å²) in [6.45, 7) is 5.09. The van der Waals surface area contributed by atoms with Crippen molar-refractivity contribution >= 4 is 15.7 Å². The molecule has 5 nitrogen and oxygen atoms in total. The fourth-order valence-corrected chi connectivity index (χ4v) is 3.39. The maximum Gasteiger partial charge on any atom is 0.237 e. The minimum atomic E-state index is -2.85. The Hall–Kier alpha value is -0.620. The molecule has 19 heavy (non-hydrogen) atoms. The number of piperidine rings is 1. The van der Waals surface area contributed by atoms with Gasteiger partial charge in [0.1, 0.15) is 9.84 Å². The summed E-state index contributed by atoms with van der Waals surface area (Å²) in [6.07, 6.45) is 3.46. The normalized spacial score (nSPS) is 24.1. The molecule has 2 N–H and O–H groups in total. The highest BCUT2D eigenvalue weighted by Crippen LogP contribution is 2.21. The lowest BCUT2D eigenvalue weighted by Crippen LogP contribution is -2.48. The molecule has 1 fully saturated rings. The monoisotopic (exact) mass is 290 g/mol. The molecule has 1 aliphatic heterocycles.